The Balaban J connectivity index is 2.00. The molecular formula is C16H21BrN3O4PS. The van der Waals surface area contributed by atoms with Gasteiger partial charge in [0.25, 0.3) is 0 Å². The summed E-state index contributed by atoms with van der Waals surface area (Å²) in [6.07, 6.45) is 0.852. The molecule has 1 aromatic heterocycles. The highest BCUT2D eigenvalue weighted by molar-refractivity contribution is 9.09. The minimum absolute atomic E-state index is 0.119. The van der Waals surface area contributed by atoms with Gasteiger partial charge in [0, 0.05) is 29.4 Å². The number of halogens is 1. The molecule has 26 heavy (non-hydrogen) atoms. The van der Waals surface area contributed by atoms with Crippen LogP contribution in [0.1, 0.15) is 18.9 Å². The maximum atomic E-state index is 12.7. The molecular weight excluding hydrogens is 441 g/mol. The van der Waals surface area contributed by atoms with Gasteiger partial charge in [0.2, 0.25) is 0 Å². The third-order valence-corrected chi connectivity index (χ3v) is 6.66. The fourth-order valence-electron chi connectivity index (χ4n) is 2.11. The van der Waals surface area contributed by atoms with Gasteiger partial charge in [0.1, 0.15) is 0 Å². The van der Waals surface area contributed by atoms with E-state index in [4.69, 9.17) is 4.52 Å². The van der Waals surface area contributed by atoms with Crippen molar-refractivity contribution in [2.75, 3.05) is 18.4 Å². The minimum Gasteiger partial charge on any atom is -0.301 e. The van der Waals surface area contributed by atoms with E-state index in [1.807, 2.05) is 31.2 Å². The Hall–Kier alpha value is -1.09. The van der Waals surface area contributed by atoms with E-state index in [2.05, 4.69) is 26.1 Å². The topological polar surface area (TPSA) is 93.5 Å². The Morgan fingerprint density at radius 2 is 1.88 bits per heavy atom. The molecule has 142 valence electrons. The van der Waals surface area contributed by atoms with Crippen molar-refractivity contribution >= 4 is 39.9 Å². The Morgan fingerprint density at radius 1 is 1.19 bits per heavy atom. The van der Waals surface area contributed by atoms with Gasteiger partial charge in [-0.05, 0) is 23.6 Å². The predicted molar refractivity (Wildman–Crippen MR) is 109 cm³/mol. The van der Waals surface area contributed by atoms with E-state index in [1.165, 1.54) is 6.07 Å². The highest BCUT2D eigenvalue weighted by Crippen LogP contribution is 2.38. The average Bonchev–Trinajstić information content (AvgIpc) is 3.14. The molecule has 0 bridgehead atoms. The van der Waals surface area contributed by atoms with Gasteiger partial charge in [-0.2, -0.15) is 0 Å². The van der Waals surface area contributed by atoms with Crippen LogP contribution in [0.2, 0.25) is 0 Å². The molecule has 1 heterocycles. The molecule has 1 unspecified atom stereocenters. The van der Waals surface area contributed by atoms with E-state index < -0.39 is 12.6 Å². The Kier molecular flexibility index (Phi) is 8.40. The van der Waals surface area contributed by atoms with Crippen molar-refractivity contribution in [1.82, 2.24) is 10.2 Å². The zero-order valence-electron chi connectivity index (χ0n) is 14.3. The van der Waals surface area contributed by atoms with Gasteiger partial charge < -0.3 is 4.52 Å². The van der Waals surface area contributed by atoms with Crippen LogP contribution >= 0.6 is 34.9 Å². The Labute approximate surface area is 165 Å². The molecule has 0 aliphatic rings. The van der Waals surface area contributed by atoms with Gasteiger partial charge in [-0.1, -0.05) is 58.5 Å². The first-order valence-corrected chi connectivity index (χ1v) is 11.7. The first kappa shape index (κ1) is 21.2. The van der Waals surface area contributed by atoms with E-state index in [0.29, 0.717) is 18.4 Å². The van der Waals surface area contributed by atoms with E-state index in [1.54, 1.807) is 6.07 Å². The number of hydrogen-bond donors (Lipinski definition) is 2. The minimum atomic E-state index is -3.10. The number of rotatable bonds is 11. The average molecular weight is 462 g/mol. The largest absolute Gasteiger partial charge is 0.341 e. The van der Waals surface area contributed by atoms with Crippen LogP contribution in [0.3, 0.4) is 0 Å². The van der Waals surface area contributed by atoms with Crippen molar-refractivity contribution in [3.8, 4) is 10.4 Å². The lowest BCUT2D eigenvalue weighted by atomic mass is 10.1. The summed E-state index contributed by atoms with van der Waals surface area (Å²) in [5.74, 6) is 0. The Morgan fingerprint density at radius 3 is 2.46 bits per heavy atom. The third kappa shape index (κ3) is 6.26. The van der Waals surface area contributed by atoms with Crippen LogP contribution in [0.4, 0.5) is 5.00 Å². The molecule has 10 heteroatoms. The van der Waals surface area contributed by atoms with Crippen LogP contribution < -0.4 is 10.2 Å². The van der Waals surface area contributed by atoms with Crippen LogP contribution in [-0.2, 0) is 15.7 Å². The smallest absolute Gasteiger partial charge is 0.301 e. The van der Waals surface area contributed by atoms with Gasteiger partial charge in [-0.3, -0.25) is 14.7 Å². The van der Waals surface area contributed by atoms with Crippen LogP contribution in [0.25, 0.3) is 10.4 Å². The highest BCUT2D eigenvalue weighted by atomic mass is 79.9. The van der Waals surface area contributed by atoms with Gasteiger partial charge in [0.15, 0.2) is 0 Å². The SMILES string of the molecule is CCCNP(=O)(NCCBr)OCc1ccc(-c2ccc([N+](=O)[O-])s2)cc1. The van der Waals surface area contributed by atoms with Crippen molar-refractivity contribution < 1.29 is 14.0 Å². The summed E-state index contributed by atoms with van der Waals surface area (Å²) in [4.78, 5) is 11.2. The fourth-order valence-corrected chi connectivity index (χ4v) is 4.99. The normalized spacial score (nSPS) is 13.5. The maximum Gasteiger partial charge on any atom is 0.341 e. The molecule has 1 aromatic carbocycles. The van der Waals surface area contributed by atoms with Crippen molar-refractivity contribution in [3.63, 3.8) is 0 Å². The van der Waals surface area contributed by atoms with Crippen LogP contribution in [0.5, 0.6) is 0 Å². The van der Waals surface area contributed by atoms with Gasteiger partial charge >= 0.3 is 12.7 Å². The summed E-state index contributed by atoms with van der Waals surface area (Å²) >= 11 is 4.44. The molecule has 0 fully saturated rings. The molecule has 0 aliphatic heterocycles. The van der Waals surface area contributed by atoms with Crippen LogP contribution in [0, 0.1) is 10.1 Å². The summed E-state index contributed by atoms with van der Waals surface area (Å²) in [5, 5.41) is 17.4. The standard InChI is InChI=1S/C16H21BrN3O4PS/c1-2-10-18-25(23,19-11-9-17)24-12-13-3-5-14(6-4-13)15-7-8-16(26-15)20(21)22/h3-8H,2,9-12H2,1H3,(H2,18,19,23). The molecule has 2 rings (SSSR count). The summed E-state index contributed by atoms with van der Waals surface area (Å²) in [5.41, 5.74) is 1.77. The number of nitrogens with one attached hydrogen (secondary N) is 2. The summed E-state index contributed by atoms with van der Waals surface area (Å²) in [7, 11) is -3.10. The first-order valence-electron chi connectivity index (χ1n) is 8.12. The van der Waals surface area contributed by atoms with Gasteiger partial charge in [-0.15, -0.1) is 0 Å². The molecule has 2 aromatic rings. The first-order chi connectivity index (χ1) is 12.5. The summed E-state index contributed by atoms with van der Waals surface area (Å²) in [6.45, 7) is 3.33. The lowest BCUT2D eigenvalue weighted by molar-refractivity contribution is -0.380. The number of thiophene rings is 1. The number of benzene rings is 1. The maximum absolute atomic E-state index is 12.7. The number of hydrogen-bond acceptors (Lipinski definition) is 5. The fraction of sp³-hybridized carbons (Fsp3) is 0.375. The lowest BCUT2D eigenvalue weighted by Gasteiger charge is -2.20. The molecule has 0 saturated heterocycles. The Bertz CT molecular complexity index is 757. The lowest BCUT2D eigenvalue weighted by Crippen LogP contribution is -2.26. The molecule has 7 nitrogen and oxygen atoms in total. The number of nitro groups is 1. The van der Waals surface area contributed by atoms with Crippen molar-refractivity contribution in [2.45, 2.75) is 20.0 Å². The molecule has 0 saturated carbocycles. The molecule has 1 atom stereocenters. The van der Waals surface area contributed by atoms with Crippen LogP contribution in [-0.4, -0.2) is 23.3 Å². The van der Waals surface area contributed by atoms with Gasteiger partial charge in [-0.25, -0.2) is 10.2 Å². The van der Waals surface area contributed by atoms with Crippen molar-refractivity contribution in [3.05, 3.63) is 52.1 Å². The molecule has 0 spiro atoms. The monoisotopic (exact) mass is 461 g/mol. The number of nitrogens with zero attached hydrogens (tertiary/aromatic N) is 1. The second kappa shape index (κ2) is 10.3. The zero-order chi connectivity index (χ0) is 19.0. The number of alkyl halides is 1. The highest BCUT2D eigenvalue weighted by Gasteiger charge is 2.21. The van der Waals surface area contributed by atoms with Crippen molar-refractivity contribution in [1.29, 1.82) is 0 Å². The second-order valence-electron chi connectivity index (χ2n) is 5.42. The van der Waals surface area contributed by atoms with E-state index in [9.17, 15) is 14.7 Å². The van der Waals surface area contributed by atoms with E-state index in [0.717, 1.165) is 33.8 Å². The molecule has 0 aliphatic carbocycles. The van der Waals surface area contributed by atoms with Gasteiger partial charge in [0.05, 0.1) is 11.5 Å². The van der Waals surface area contributed by atoms with E-state index >= 15 is 0 Å². The third-order valence-electron chi connectivity index (χ3n) is 3.41. The summed E-state index contributed by atoms with van der Waals surface area (Å²) < 4.78 is 18.4. The zero-order valence-corrected chi connectivity index (χ0v) is 17.6. The van der Waals surface area contributed by atoms with Crippen LogP contribution in [0.15, 0.2) is 36.4 Å². The quantitative estimate of drug-likeness (QED) is 0.213. The molecule has 0 radical (unpaired) electrons. The second-order valence-corrected chi connectivity index (χ2v) is 9.27. The molecule has 0 amide bonds. The molecule has 2 N–H and O–H groups in total. The van der Waals surface area contributed by atoms with E-state index in [-0.39, 0.29) is 11.6 Å². The predicted octanol–water partition coefficient (Wildman–Crippen LogP) is 4.93. The summed E-state index contributed by atoms with van der Waals surface area (Å²) in [6, 6.07) is 10.7. The van der Waals surface area contributed by atoms with Crippen molar-refractivity contribution in [2.24, 2.45) is 0 Å².